The Morgan fingerprint density at radius 2 is 1.76 bits per heavy atom. The first kappa shape index (κ1) is 15.4. The van der Waals surface area contributed by atoms with E-state index in [1.54, 1.807) is 25.1 Å². The van der Waals surface area contributed by atoms with Gasteiger partial charge in [0, 0.05) is 5.02 Å². The Hall–Kier alpha value is -1.94. The van der Waals surface area contributed by atoms with E-state index in [0.29, 0.717) is 11.1 Å². The number of nitrogens with one attached hydrogen (secondary N) is 1. The number of amides is 1. The highest BCUT2D eigenvalue weighted by Gasteiger charge is 2.13. The summed E-state index contributed by atoms with van der Waals surface area (Å²) < 4.78 is 25.8. The molecule has 21 heavy (non-hydrogen) atoms. The third-order valence-corrected chi connectivity index (χ3v) is 3.41. The van der Waals surface area contributed by atoms with Crippen LogP contribution in [0, 0.1) is 11.6 Å². The zero-order chi connectivity index (χ0) is 15.4. The zero-order valence-electron chi connectivity index (χ0n) is 11.4. The number of hydrogen-bond acceptors (Lipinski definition) is 1. The van der Waals surface area contributed by atoms with Crippen molar-refractivity contribution in [3.05, 3.63) is 70.2 Å². The van der Waals surface area contributed by atoms with Crippen molar-refractivity contribution in [1.29, 1.82) is 0 Å². The van der Waals surface area contributed by atoms with Crippen molar-refractivity contribution >= 4 is 17.5 Å². The lowest BCUT2D eigenvalue weighted by Crippen LogP contribution is -2.28. The molecule has 5 heteroatoms. The van der Waals surface area contributed by atoms with Crippen LogP contribution in [0.25, 0.3) is 0 Å². The van der Waals surface area contributed by atoms with Gasteiger partial charge in [0.25, 0.3) is 0 Å². The largest absolute Gasteiger partial charge is 0.349 e. The maximum absolute atomic E-state index is 13.0. The Morgan fingerprint density at radius 3 is 2.38 bits per heavy atom. The molecule has 1 amide bonds. The SMILES string of the molecule is CC(NC(=O)Cc1ccc(F)cc1)c1ccc(F)cc1Cl. The lowest BCUT2D eigenvalue weighted by atomic mass is 10.1. The fourth-order valence-electron chi connectivity index (χ4n) is 2.01. The first-order valence-corrected chi connectivity index (χ1v) is 6.82. The number of carbonyl (C=O) groups is 1. The van der Waals surface area contributed by atoms with E-state index in [2.05, 4.69) is 5.32 Å². The van der Waals surface area contributed by atoms with Crippen LogP contribution in [-0.4, -0.2) is 5.91 Å². The first-order chi connectivity index (χ1) is 9.95. The van der Waals surface area contributed by atoms with Crippen molar-refractivity contribution in [2.75, 3.05) is 0 Å². The van der Waals surface area contributed by atoms with E-state index in [9.17, 15) is 13.6 Å². The molecule has 1 N–H and O–H groups in total. The molecule has 0 aromatic heterocycles. The molecule has 0 heterocycles. The molecule has 110 valence electrons. The van der Waals surface area contributed by atoms with Crippen LogP contribution in [0.5, 0.6) is 0 Å². The summed E-state index contributed by atoms with van der Waals surface area (Å²) in [6, 6.07) is 9.44. The van der Waals surface area contributed by atoms with Crippen molar-refractivity contribution in [3.8, 4) is 0 Å². The lowest BCUT2D eigenvalue weighted by molar-refractivity contribution is -0.121. The van der Waals surface area contributed by atoms with E-state index in [1.165, 1.54) is 24.3 Å². The molecule has 0 saturated heterocycles. The molecule has 0 saturated carbocycles. The monoisotopic (exact) mass is 309 g/mol. The number of hydrogen-bond donors (Lipinski definition) is 1. The number of carbonyl (C=O) groups excluding carboxylic acids is 1. The highest BCUT2D eigenvalue weighted by molar-refractivity contribution is 6.31. The second-order valence-electron chi connectivity index (χ2n) is 4.76. The Balaban J connectivity index is 2.00. The van der Waals surface area contributed by atoms with Gasteiger partial charge in [-0.3, -0.25) is 4.79 Å². The third-order valence-electron chi connectivity index (χ3n) is 3.08. The molecule has 0 fully saturated rings. The van der Waals surface area contributed by atoms with E-state index >= 15 is 0 Å². The van der Waals surface area contributed by atoms with Crippen LogP contribution in [0.15, 0.2) is 42.5 Å². The summed E-state index contributed by atoms with van der Waals surface area (Å²) in [5.41, 5.74) is 1.36. The summed E-state index contributed by atoms with van der Waals surface area (Å²) in [6.07, 6.45) is 0.142. The summed E-state index contributed by atoms with van der Waals surface area (Å²) in [5, 5.41) is 3.05. The molecule has 2 rings (SSSR count). The topological polar surface area (TPSA) is 29.1 Å². The van der Waals surface area contributed by atoms with Crippen molar-refractivity contribution < 1.29 is 13.6 Å². The fraction of sp³-hybridized carbons (Fsp3) is 0.188. The molecule has 0 radical (unpaired) electrons. The van der Waals surface area contributed by atoms with Crippen LogP contribution in [0.4, 0.5) is 8.78 Å². The van der Waals surface area contributed by atoms with Crippen LogP contribution in [-0.2, 0) is 11.2 Å². The fourth-order valence-corrected chi connectivity index (χ4v) is 2.34. The first-order valence-electron chi connectivity index (χ1n) is 6.44. The quantitative estimate of drug-likeness (QED) is 0.907. The van der Waals surface area contributed by atoms with Gasteiger partial charge in [-0.1, -0.05) is 29.8 Å². The second kappa shape index (κ2) is 6.68. The Morgan fingerprint density at radius 1 is 1.14 bits per heavy atom. The Kier molecular flexibility index (Phi) is 4.91. The van der Waals surface area contributed by atoms with Crippen LogP contribution >= 0.6 is 11.6 Å². The molecule has 0 aliphatic heterocycles. The van der Waals surface area contributed by atoms with Crippen LogP contribution in [0.3, 0.4) is 0 Å². The van der Waals surface area contributed by atoms with Crippen molar-refractivity contribution in [2.45, 2.75) is 19.4 Å². The molecule has 2 nitrogen and oxygen atoms in total. The molecule has 0 bridgehead atoms. The number of rotatable bonds is 4. The molecule has 0 spiro atoms. The molecule has 0 aliphatic rings. The summed E-state index contributed by atoms with van der Waals surface area (Å²) in [7, 11) is 0. The summed E-state index contributed by atoms with van der Waals surface area (Å²) >= 11 is 5.95. The van der Waals surface area contributed by atoms with Gasteiger partial charge in [-0.2, -0.15) is 0 Å². The third kappa shape index (κ3) is 4.26. The zero-order valence-corrected chi connectivity index (χ0v) is 12.1. The summed E-state index contributed by atoms with van der Waals surface area (Å²) in [4.78, 5) is 11.9. The minimum absolute atomic E-state index is 0.142. The normalized spacial score (nSPS) is 12.0. The van der Waals surface area contributed by atoms with E-state index in [0.717, 1.165) is 0 Å². The van der Waals surface area contributed by atoms with Crippen molar-refractivity contribution in [1.82, 2.24) is 5.32 Å². The standard InChI is InChI=1S/C16H14ClF2NO/c1-10(14-7-6-13(19)9-15(14)17)20-16(21)8-11-2-4-12(18)5-3-11/h2-7,9-10H,8H2,1H3,(H,20,21). The predicted molar refractivity (Wildman–Crippen MR) is 78.1 cm³/mol. The van der Waals surface area contributed by atoms with Gasteiger partial charge in [-0.25, -0.2) is 8.78 Å². The van der Waals surface area contributed by atoms with Gasteiger partial charge in [-0.05, 0) is 42.3 Å². The number of benzene rings is 2. The van der Waals surface area contributed by atoms with Gasteiger partial charge in [0.05, 0.1) is 12.5 Å². The molecular formula is C16H14ClF2NO. The Labute approximate surface area is 126 Å². The van der Waals surface area contributed by atoms with Gasteiger partial charge in [0.1, 0.15) is 11.6 Å². The van der Waals surface area contributed by atoms with Crippen LogP contribution in [0.1, 0.15) is 24.1 Å². The van der Waals surface area contributed by atoms with E-state index < -0.39 is 5.82 Å². The molecular weight excluding hydrogens is 296 g/mol. The highest BCUT2D eigenvalue weighted by atomic mass is 35.5. The van der Waals surface area contributed by atoms with E-state index in [4.69, 9.17) is 11.6 Å². The second-order valence-corrected chi connectivity index (χ2v) is 5.17. The van der Waals surface area contributed by atoms with Gasteiger partial charge in [-0.15, -0.1) is 0 Å². The molecule has 1 atom stereocenters. The van der Waals surface area contributed by atoms with E-state index in [1.807, 2.05) is 0 Å². The smallest absolute Gasteiger partial charge is 0.224 e. The van der Waals surface area contributed by atoms with Gasteiger partial charge >= 0.3 is 0 Å². The molecule has 2 aromatic rings. The molecule has 0 aliphatic carbocycles. The minimum Gasteiger partial charge on any atom is -0.349 e. The maximum Gasteiger partial charge on any atom is 0.224 e. The van der Waals surface area contributed by atoms with Crippen molar-refractivity contribution in [2.24, 2.45) is 0 Å². The molecule has 1 unspecified atom stereocenters. The van der Waals surface area contributed by atoms with Crippen LogP contribution in [0.2, 0.25) is 5.02 Å². The van der Waals surface area contributed by atoms with E-state index in [-0.39, 0.29) is 29.2 Å². The Bertz CT molecular complexity index is 643. The van der Waals surface area contributed by atoms with Crippen LogP contribution < -0.4 is 5.32 Å². The summed E-state index contributed by atoms with van der Waals surface area (Å²) in [6.45, 7) is 1.77. The highest BCUT2D eigenvalue weighted by Crippen LogP contribution is 2.23. The average Bonchev–Trinajstić information content (AvgIpc) is 2.41. The van der Waals surface area contributed by atoms with Gasteiger partial charge in [0.15, 0.2) is 0 Å². The van der Waals surface area contributed by atoms with Gasteiger partial charge < -0.3 is 5.32 Å². The average molecular weight is 310 g/mol. The maximum atomic E-state index is 13.0. The number of halogens is 3. The minimum atomic E-state index is -0.423. The predicted octanol–water partition coefficient (Wildman–Crippen LogP) is 4.04. The molecule has 2 aromatic carbocycles. The summed E-state index contributed by atoms with van der Waals surface area (Å²) in [5.74, 6) is -0.978. The lowest BCUT2D eigenvalue weighted by Gasteiger charge is -2.16. The van der Waals surface area contributed by atoms with Gasteiger partial charge in [0.2, 0.25) is 5.91 Å². The van der Waals surface area contributed by atoms with Crippen molar-refractivity contribution in [3.63, 3.8) is 0 Å².